The van der Waals surface area contributed by atoms with Gasteiger partial charge in [0.1, 0.15) is 12.4 Å². The van der Waals surface area contributed by atoms with Gasteiger partial charge < -0.3 is 14.8 Å². The predicted molar refractivity (Wildman–Crippen MR) is 82.4 cm³/mol. The van der Waals surface area contributed by atoms with Crippen molar-refractivity contribution in [1.29, 1.82) is 0 Å². The van der Waals surface area contributed by atoms with Gasteiger partial charge in [-0.05, 0) is 44.9 Å². The average Bonchev–Trinajstić information content (AvgIpc) is 2.95. The summed E-state index contributed by atoms with van der Waals surface area (Å²) in [4.78, 5) is 0. The van der Waals surface area contributed by atoms with E-state index >= 15 is 0 Å². The van der Waals surface area contributed by atoms with Gasteiger partial charge in [-0.2, -0.15) is 0 Å². The van der Waals surface area contributed by atoms with Crippen LogP contribution in [0.5, 0.6) is 5.75 Å². The summed E-state index contributed by atoms with van der Waals surface area (Å²) in [6, 6.07) is 6.74. The molecule has 2 rings (SSSR count). The van der Waals surface area contributed by atoms with E-state index in [2.05, 4.69) is 44.3 Å². The molecule has 0 amide bonds. The maximum absolute atomic E-state index is 6.05. The number of aryl methyl sites for hydroxylation is 2. The Morgan fingerprint density at radius 2 is 2.25 bits per heavy atom. The second-order valence-electron chi connectivity index (χ2n) is 5.76. The first-order valence-corrected chi connectivity index (χ1v) is 7.72. The van der Waals surface area contributed by atoms with E-state index in [0.29, 0.717) is 12.0 Å². The van der Waals surface area contributed by atoms with Crippen LogP contribution in [0.25, 0.3) is 0 Å². The molecule has 1 aliphatic rings. The first-order chi connectivity index (χ1) is 9.70. The first-order valence-electron chi connectivity index (χ1n) is 7.72. The molecular formula is C17H27NO2. The highest BCUT2D eigenvalue weighted by molar-refractivity contribution is 5.35. The van der Waals surface area contributed by atoms with E-state index in [1.165, 1.54) is 11.1 Å². The summed E-state index contributed by atoms with van der Waals surface area (Å²) < 4.78 is 11.6. The van der Waals surface area contributed by atoms with Crippen molar-refractivity contribution >= 4 is 0 Å². The predicted octanol–water partition coefficient (Wildman–Crippen LogP) is 3.09. The van der Waals surface area contributed by atoms with Crippen LogP contribution < -0.4 is 10.1 Å². The highest BCUT2D eigenvalue weighted by Crippen LogP contribution is 2.21. The molecule has 2 atom stereocenters. The van der Waals surface area contributed by atoms with Crippen LogP contribution in [0.4, 0.5) is 0 Å². The Bertz CT molecular complexity index is 413. The summed E-state index contributed by atoms with van der Waals surface area (Å²) in [7, 11) is 0. The molecule has 1 fully saturated rings. The second-order valence-corrected chi connectivity index (χ2v) is 5.76. The number of benzene rings is 1. The van der Waals surface area contributed by atoms with Gasteiger partial charge in [-0.15, -0.1) is 0 Å². The zero-order valence-electron chi connectivity index (χ0n) is 12.9. The summed E-state index contributed by atoms with van der Waals surface area (Å²) in [6.45, 7) is 9.92. The summed E-state index contributed by atoms with van der Waals surface area (Å²) in [5.41, 5.74) is 2.49. The lowest BCUT2D eigenvalue weighted by molar-refractivity contribution is 0.160. The Hall–Kier alpha value is -1.06. The van der Waals surface area contributed by atoms with Gasteiger partial charge >= 0.3 is 0 Å². The Morgan fingerprint density at radius 1 is 1.40 bits per heavy atom. The SMILES string of the molecule is CCCNC(COc1ccc(C)cc1C)C1CCOC1. The lowest BCUT2D eigenvalue weighted by atomic mass is 9.99. The Labute approximate surface area is 122 Å². The molecule has 2 unspecified atom stereocenters. The molecule has 3 heteroatoms. The van der Waals surface area contributed by atoms with Crippen molar-refractivity contribution in [3.05, 3.63) is 29.3 Å². The van der Waals surface area contributed by atoms with Crippen LogP contribution in [0.15, 0.2) is 18.2 Å². The van der Waals surface area contributed by atoms with Crippen molar-refractivity contribution < 1.29 is 9.47 Å². The quantitative estimate of drug-likeness (QED) is 0.831. The molecule has 1 heterocycles. The van der Waals surface area contributed by atoms with E-state index in [0.717, 1.165) is 45.0 Å². The van der Waals surface area contributed by atoms with E-state index in [1.807, 2.05) is 0 Å². The summed E-state index contributed by atoms with van der Waals surface area (Å²) in [5.74, 6) is 1.57. The highest BCUT2D eigenvalue weighted by Gasteiger charge is 2.25. The fourth-order valence-electron chi connectivity index (χ4n) is 2.70. The molecule has 20 heavy (non-hydrogen) atoms. The van der Waals surface area contributed by atoms with Gasteiger partial charge in [0.15, 0.2) is 0 Å². The van der Waals surface area contributed by atoms with Gasteiger partial charge in [0.25, 0.3) is 0 Å². The van der Waals surface area contributed by atoms with Crippen LogP contribution in [-0.4, -0.2) is 32.4 Å². The minimum absolute atomic E-state index is 0.387. The summed E-state index contributed by atoms with van der Waals surface area (Å²) >= 11 is 0. The van der Waals surface area contributed by atoms with E-state index in [-0.39, 0.29) is 0 Å². The molecule has 3 nitrogen and oxygen atoms in total. The third kappa shape index (κ3) is 4.22. The minimum Gasteiger partial charge on any atom is -0.492 e. The zero-order valence-corrected chi connectivity index (χ0v) is 12.9. The molecule has 0 spiro atoms. The van der Waals surface area contributed by atoms with E-state index < -0.39 is 0 Å². The van der Waals surface area contributed by atoms with Crippen molar-refractivity contribution in [2.24, 2.45) is 5.92 Å². The Kier molecular flexibility index (Phi) is 5.86. The molecule has 0 saturated carbocycles. The van der Waals surface area contributed by atoms with Gasteiger partial charge in [-0.25, -0.2) is 0 Å². The Morgan fingerprint density at radius 3 is 2.90 bits per heavy atom. The fourth-order valence-corrected chi connectivity index (χ4v) is 2.70. The van der Waals surface area contributed by atoms with Crippen molar-refractivity contribution in [2.45, 2.75) is 39.7 Å². The lowest BCUT2D eigenvalue weighted by Gasteiger charge is -2.24. The highest BCUT2D eigenvalue weighted by atomic mass is 16.5. The van der Waals surface area contributed by atoms with Gasteiger partial charge in [-0.1, -0.05) is 24.6 Å². The maximum atomic E-state index is 6.05. The van der Waals surface area contributed by atoms with Crippen molar-refractivity contribution in [1.82, 2.24) is 5.32 Å². The molecule has 1 aliphatic heterocycles. The Balaban J connectivity index is 1.93. The zero-order chi connectivity index (χ0) is 14.4. The third-order valence-electron chi connectivity index (χ3n) is 3.94. The third-order valence-corrected chi connectivity index (χ3v) is 3.94. The summed E-state index contributed by atoms with van der Waals surface area (Å²) in [6.07, 6.45) is 2.28. The molecule has 0 aliphatic carbocycles. The molecular weight excluding hydrogens is 250 g/mol. The second kappa shape index (κ2) is 7.65. The number of hydrogen-bond donors (Lipinski definition) is 1. The molecule has 112 valence electrons. The average molecular weight is 277 g/mol. The number of hydrogen-bond acceptors (Lipinski definition) is 3. The number of ether oxygens (including phenoxy) is 2. The molecule has 1 N–H and O–H groups in total. The van der Waals surface area contributed by atoms with Crippen molar-refractivity contribution in [3.63, 3.8) is 0 Å². The normalized spacial score (nSPS) is 20.1. The molecule has 1 saturated heterocycles. The van der Waals surface area contributed by atoms with Crippen molar-refractivity contribution in [2.75, 3.05) is 26.4 Å². The van der Waals surface area contributed by atoms with Crippen LogP contribution >= 0.6 is 0 Å². The van der Waals surface area contributed by atoms with Crippen LogP contribution in [0.2, 0.25) is 0 Å². The fraction of sp³-hybridized carbons (Fsp3) is 0.647. The lowest BCUT2D eigenvalue weighted by Crippen LogP contribution is -2.41. The molecule has 0 radical (unpaired) electrons. The smallest absolute Gasteiger partial charge is 0.122 e. The largest absolute Gasteiger partial charge is 0.492 e. The van der Waals surface area contributed by atoms with E-state index in [1.54, 1.807) is 0 Å². The monoisotopic (exact) mass is 277 g/mol. The van der Waals surface area contributed by atoms with E-state index in [9.17, 15) is 0 Å². The topological polar surface area (TPSA) is 30.5 Å². The van der Waals surface area contributed by atoms with Gasteiger partial charge in [0.05, 0.1) is 6.61 Å². The summed E-state index contributed by atoms with van der Waals surface area (Å²) in [5, 5.41) is 3.61. The van der Waals surface area contributed by atoms with Crippen LogP contribution in [0, 0.1) is 19.8 Å². The maximum Gasteiger partial charge on any atom is 0.122 e. The molecule has 0 bridgehead atoms. The molecule has 1 aromatic carbocycles. The van der Waals surface area contributed by atoms with Gasteiger partial charge in [0.2, 0.25) is 0 Å². The number of rotatable bonds is 7. The van der Waals surface area contributed by atoms with Crippen LogP contribution in [-0.2, 0) is 4.74 Å². The van der Waals surface area contributed by atoms with E-state index in [4.69, 9.17) is 9.47 Å². The standard InChI is InChI=1S/C17H27NO2/c1-4-8-18-16(15-7-9-19-11-15)12-20-17-6-5-13(2)10-14(17)3/h5-6,10,15-16,18H,4,7-9,11-12H2,1-3H3. The van der Waals surface area contributed by atoms with Crippen LogP contribution in [0.3, 0.4) is 0 Å². The molecule has 1 aromatic rings. The van der Waals surface area contributed by atoms with Crippen molar-refractivity contribution in [3.8, 4) is 5.75 Å². The first kappa shape index (κ1) is 15.3. The van der Waals surface area contributed by atoms with Gasteiger partial charge in [-0.3, -0.25) is 0 Å². The van der Waals surface area contributed by atoms with Crippen LogP contribution in [0.1, 0.15) is 30.9 Å². The van der Waals surface area contributed by atoms with Gasteiger partial charge in [0, 0.05) is 18.6 Å². The molecule has 0 aromatic heterocycles. The minimum atomic E-state index is 0.387. The number of nitrogens with one attached hydrogen (secondary N) is 1.